The molecule has 5 rings (SSSR count). The molecule has 16 heteroatoms. The average molecular weight is 631 g/mol. The van der Waals surface area contributed by atoms with E-state index in [1.165, 1.54) is 48.4 Å². The number of phosphoric ester groups is 1. The Hall–Kier alpha value is -4.07. The number of Topliss-reactive ketones (excluding diaryl/α,β-unsaturated/α-hetero) is 1. The van der Waals surface area contributed by atoms with Crippen LogP contribution >= 0.6 is 19.4 Å². The first-order valence-electron chi connectivity index (χ1n) is 13.1. The van der Waals surface area contributed by atoms with E-state index in [1.54, 1.807) is 30.3 Å². The second-order valence-electron chi connectivity index (χ2n) is 9.57. The van der Waals surface area contributed by atoms with Crippen LogP contribution in [0.2, 0.25) is 5.02 Å². The number of imidazole rings is 1. The molecular formula is C27H26ClN5O9P-. The zero-order chi connectivity index (χ0) is 30.6. The number of carbonyl (C=O) groups excluding carboxylic acids is 3. The molecule has 1 amide bonds. The van der Waals surface area contributed by atoms with Gasteiger partial charge in [0.15, 0.2) is 12.3 Å². The number of benzene rings is 2. The minimum Gasteiger partial charge on any atom is -0.746 e. The zero-order valence-electron chi connectivity index (χ0n) is 22.6. The molecule has 0 bridgehead atoms. The fourth-order valence-corrected chi connectivity index (χ4v) is 5.34. The van der Waals surface area contributed by atoms with Crippen molar-refractivity contribution in [2.75, 3.05) is 5.32 Å². The lowest BCUT2D eigenvalue weighted by Crippen LogP contribution is -2.31. The number of anilines is 1. The molecule has 2 N–H and O–H groups in total. The highest BCUT2D eigenvalue weighted by molar-refractivity contribution is 7.46. The predicted molar refractivity (Wildman–Crippen MR) is 150 cm³/mol. The highest BCUT2D eigenvalue weighted by atomic mass is 35.5. The van der Waals surface area contributed by atoms with Crippen molar-refractivity contribution in [3.05, 3.63) is 77.2 Å². The third-order valence-electron chi connectivity index (χ3n) is 6.38. The van der Waals surface area contributed by atoms with Crippen LogP contribution in [-0.2, 0) is 28.2 Å². The Morgan fingerprint density at radius 3 is 2.63 bits per heavy atom. The summed E-state index contributed by atoms with van der Waals surface area (Å²) in [5.41, 5.74) is 0.809. The molecule has 0 saturated carbocycles. The molecule has 3 heterocycles. The van der Waals surface area contributed by atoms with Crippen molar-refractivity contribution in [3.63, 3.8) is 0 Å². The summed E-state index contributed by atoms with van der Waals surface area (Å²) in [7, 11) is -5.04. The molecule has 2 aliphatic heterocycles. The number of nitrogens with one attached hydrogen (secondary N) is 2. The number of aromatic nitrogens is 2. The number of fused-ring (bicyclic) bond motifs is 1. The fourth-order valence-electron chi connectivity index (χ4n) is 4.35. The second-order valence-corrected chi connectivity index (χ2v) is 11.3. The standard InChI is InChI=1S/C27H27ClN5O9P/c1-16(34)7-12-22(35)39-20-13-21(40-27(20)42-43(37,38)41-19-10-8-18(28)9-11-19)33-15-31-23-24(29-14-30-25(23)33)32-26(36)17-5-3-2-4-6-17/h2-6,8-11,14-15,20-21,24,27H,7,12-13H2,1H3,(H,29,30)(H,32,36)(H,37,38)/p-1/t20-,21-,24-,27-/m1/s1. The lowest BCUT2D eigenvalue weighted by molar-refractivity contribution is -0.244. The maximum absolute atomic E-state index is 12.8. The number of amides is 1. The van der Waals surface area contributed by atoms with Crippen molar-refractivity contribution in [3.8, 4) is 5.75 Å². The first-order chi connectivity index (χ1) is 20.6. The average Bonchev–Trinajstić information content (AvgIpc) is 3.57. The third kappa shape index (κ3) is 7.66. The van der Waals surface area contributed by atoms with E-state index in [0.29, 0.717) is 22.1 Å². The molecule has 0 aliphatic carbocycles. The summed E-state index contributed by atoms with van der Waals surface area (Å²) >= 11 is 5.85. The number of rotatable bonds is 11. The van der Waals surface area contributed by atoms with Gasteiger partial charge in [-0.05, 0) is 43.3 Å². The van der Waals surface area contributed by atoms with Crippen molar-refractivity contribution in [2.45, 2.75) is 51.0 Å². The van der Waals surface area contributed by atoms with Gasteiger partial charge in [0.05, 0.1) is 19.1 Å². The number of phosphoric acid groups is 1. The van der Waals surface area contributed by atoms with E-state index in [4.69, 9.17) is 30.1 Å². The number of ketones is 1. The normalized spacial score (nSPS) is 22.1. The number of ether oxygens (including phenoxy) is 2. The van der Waals surface area contributed by atoms with Gasteiger partial charge in [-0.1, -0.05) is 29.8 Å². The van der Waals surface area contributed by atoms with Crippen LogP contribution in [-0.4, -0.2) is 45.9 Å². The molecule has 3 aromatic rings. The summed E-state index contributed by atoms with van der Waals surface area (Å²) in [5.74, 6) is -0.956. The molecule has 2 aromatic carbocycles. The molecule has 226 valence electrons. The number of nitrogens with zero attached hydrogens (tertiary/aromatic N) is 3. The van der Waals surface area contributed by atoms with Gasteiger partial charge in [-0.25, -0.2) is 9.98 Å². The van der Waals surface area contributed by atoms with E-state index in [1.807, 2.05) is 0 Å². The van der Waals surface area contributed by atoms with Crippen molar-refractivity contribution in [2.24, 2.45) is 4.99 Å². The van der Waals surface area contributed by atoms with E-state index in [2.05, 4.69) is 20.6 Å². The van der Waals surface area contributed by atoms with Crippen molar-refractivity contribution >= 4 is 49.2 Å². The Balaban J connectivity index is 1.33. The topological polar surface area (TPSA) is 182 Å². The molecule has 1 unspecified atom stereocenters. The quantitative estimate of drug-likeness (QED) is 0.233. The molecule has 5 atom stereocenters. The van der Waals surface area contributed by atoms with Gasteiger partial charge in [0.25, 0.3) is 5.91 Å². The number of hydrogen-bond donors (Lipinski definition) is 2. The van der Waals surface area contributed by atoms with Gasteiger partial charge in [0.2, 0.25) is 6.29 Å². The molecule has 14 nitrogen and oxygen atoms in total. The minimum absolute atomic E-state index is 0.0416. The van der Waals surface area contributed by atoms with Gasteiger partial charge < -0.3 is 34.3 Å². The third-order valence-corrected chi connectivity index (χ3v) is 7.53. The van der Waals surface area contributed by atoms with Crippen LogP contribution < -0.4 is 20.1 Å². The monoisotopic (exact) mass is 630 g/mol. The molecule has 43 heavy (non-hydrogen) atoms. The van der Waals surface area contributed by atoms with Crippen molar-refractivity contribution < 1.29 is 42.4 Å². The molecule has 1 saturated heterocycles. The first-order valence-corrected chi connectivity index (χ1v) is 14.9. The van der Waals surface area contributed by atoms with E-state index < -0.39 is 38.6 Å². The van der Waals surface area contributed by atoms with Gasteiger partial charge in [-0.2, -0.15) is 0 Å². The van der Waals surface area contributed by atoms with Crippen molar-refractivity contribution in [1.82, 2.24) is 14.9 Å². The number of halogens is 1. The molecule has 2 aliphatic rings. The Morgan fingerprint density at radius 1 is 1.16 bits per heavy atom. The van der Waals surface area contributed by atoms with E-state index >= 15 is 0 Å². The van der Waals surface area contributed by atoms with Crippen LogP contribution in [0.3, 0.4) is 0 Å². The van der Waals surface area contributed by atoms with Gasteiger partial charge in [-0.15, -0.1) is 0 Å². The predicted octanol–water partition coefficient (Wildman–Crippen LogP) is 3.51. The number of aliphatic imine (C=N–C) groups is 1. The zero-order valence-corrected chi connectivity index (χ0v) is 24.3. The fraction of sp³-hybridized carbons (Fsp3) is 0.296. The summed E-state index contributed by atoms with van der Waals surface area (Å²) < 4.78 is 35.9. The maximum Gasteiger partial charge on any atom is 0.322 e. The summed E-state index contributed by atoms with van der Waals surface area (Å²) in [5, 5.41) is 6.13. The Morgan fingerprint density at radius 2 is 1.91 bits per heavy atom. The smallest absolute Gasteiger partial charge is 0.322 e. The lowest BCUT2D eigenvalue weighted by atomic mass is 10.2. The lowest BCUT2D eigenvalue weighted by Gasteiger charge is -2.28. The van der Waals surface area contributed by atoms with Gasteiger partial charge in [-0.3, -0.25) is 23.2 Å². The van der Waals surface area contributed by atoms with Gasteiger partial charge >= 0.3 is 13.8 Å². The van der Waals surface area contributed by atoms with E-state index in [-0.39, 0.29) is 36.7 Å². The van der Waals surface area contributed by atoms with Crippen LogP contribution in [0.15, 0.2) is 65.9 Å². The Labute approximate surface area is 250 Å². The summed E-state index contributed by atoms with van der Waals surface area (Å²) in [4.78, 5) is 57.9. The number of esters is 1. The molecule has 1 aromatic heterocycles. The molecule has 0 radical (unpaired) electrons. The SMILES string of the molecule is CC(=O)CCC(=O)O[C@@H]1C[C@H](n2cnc3c2NC=N[C@@H]3NC(=O)c2ccccc2)O[C@@H]1OP(=O)([O-])Oc1ccc(Cl)cc1. The molecular weight excluding hydrogens is 605 g/mol. The highest BCUT2D eigenvalue weighted by Crippen LogP contribution is 2.46. The van der Waals surface area contributed by atoms with E-state index in [0.717, 1.165) is 0 Å². The van der Waals surface area contributed by atoms with E-state index in [9.17, 15) is 23.8 Å². The Kier molecular flexibility index (Phi) is 9.23. The van der Waals surface area contributed by atoms with Crippen LogP contribution in [0.5, 0.6) is 5.75 Å². The Bertz CT molecular complexity index is 1570. The van der Waals surface area contributed by atoms with Gasteiger partial charge in [0.1, 0.15) is 29.3 Å². The molecule has 1 fully saturated rings. The van der Waals surface area contributed by atoms with Crippen LogP contribution in [0.1, 0.15) is 54.6 Å². The summed E-state index contributed by atoms with van der Waals surface area (Å²) in [6.45, 7) is 1.34. The number of hydrogen-bond acceptors (Lipinski definition) is 12. The summed E-state index contributed by atoms with van der Waals surface area (Å²) in [6, 6.07) is 14.1. The summed E-state index contributed by atoms with van der Waals surface area (Å²) in [6.07, 6.45) is -2.03. The van der Waals surface area contributed by atoms with Gasteiger partial charge in [0, 0.05) is 23.4 Å². The number of carbonyl (C=O) groups is 3. The largest absolute Gasteiger partial charge is 0.746 e. The van der Waals surface area contributed by atoms with Crippen molar-refractivity contribution in [1.29, 1.82) is 0 Å². The minimum atomic E-state index is -5.04. The van der Waals surface area contributed by atoms with Crippen LogP contribution in [0, 0.1) is 0 Å². The highest BCUT2D eigenvalue weighted by Gasteiger charge is 2.43. The maximum atomic E-state index is 12.8. The van der Waals surface area contributed by atoms with Crippen LogP contribution in [0.25, 0.3) is 0 Å². The first kappa shape index (κ1) is 30.4. The van der Waals surface area contributed by atoms with Crippen LogP contribution in [0.4, 0.5) is 5.82 Å². The molecule has 0 spiro atoms. The second kappa shape index (κ2) is 13.1.